The van der Waals surface area contributed by atoms with Gasteiger partial charge in [0.05, 0.1) is 21.3 Å². The van der Waals surface area contributed by atoms with Crippen molar-refractivity contribution in [1.82, 2.24) is 0 Å². The molecular formula is C20H23NO4. The van der Waals surface area contributed by atoms with Crippen molar-refractivity contribution in [2.75, 3.05) is 26.6 Å². The van der Waals surface area contributed by atoms with Crippen LogP contribution in [0.5, 0.6) is 17.2 Å². The number of anilines is 1. The number of carbonyl (C=O) groups excluding carboxylic acids is 1. The van der Waals surface area contributed by atoms with Crippen LogP contribution >= 0.6 is 0 Å². The molecule has 2 aromatic carbocycles. The summed E-state index contributed by atoms with van der Waals surface area (Å²) in [5, 5.41) is 2.85. The molecular weight excluding hydrogens is 318 g/mol. The predicted octanol–water partition coefficient (Wildman–Crippen LogP) is 3.93. The van der Waals surface area contributed by atoms with E-state index >= 15 is 0 Å². The third-order valence-electron chi connectivity index (χ3n) is 3.72. The maximum atomic E-state index is 12.1. The number of aryl methyl sites for hydroxylation is 1. The molecule has 132 valence electrons. The topological polar surface area (TPSA) is 56.8 Å². The molecule has 0 fully saturated rings. The zero-order valence-corrected chi connectivity index (χ0v) is 15.0. The van der Waals surface area contributed by atoms with Gasteiger partial charge in [0.25, 0.3) is 0 Å². The molecule has 0 heterocycles. The van der Waals surface area contributed by atoms with Gasteiger partial charge in [-0.3, -0.25) is 4.79 Å². The van der Waals surface area contributed by atoms with E-state index in [0.717, 1.165) is 17.7 Å². The largest absolute Gasteiger partial charge is 0.493 e. The van der Waals surface area contributed by atoms with E-state index in [-0.39, 0.29) is 5.91 Å². The molecule has 0 saturated heterocycles. The molecule has 0 atom stereocenters. The number of amides is 1. The summed E-state index contributed by atoms with van der Waals surface area (Å²) in [4.78, 5) is 12.1. The van der Waals surface area contributed by atoms with Gasteiger partial charge in [-0.1, -0.05) is 19.1 Å². The predicted molar refractivity (Wildman–Crippen MR) is 99.6 cm³/mol. The average molecular weight is 341 g/mol. The molecule has 5 heteroatoms. The fourth-order valence-electron chi connectivity index (χ4n) is 2.42. The average Bonchev–Trinajstić information content (AvgIpc) is 2.65. The number of ether oxygens (including phenoxy) is 3. The fraction of sp³-hybridized carbons (Fsp3) is 0.250. The van der Waals surface area contributed by atoms with Crippen molar-refractivity contribution in [3.63, 3.8) is 0 Å². The summed E-state index contributed by atoms with van der Waals surface area (Å²) in [6.45, 7) is 2.07. The van der Waals surface area contributed by atoms with Crippen LogP contribution in [0.2, 0.25) is 0 Å². The summed E-state index contributed by atoms with van der Waals surface area (Å²) in [6.07, 6.45) is 4.09. The van der Waals surface area contributed by atoms with Crippen LogP contribution in [-0.4, -0.2) is 27.2 Å². The van der Waals surface area contributed by atoms with Gasteiger partial charge in [-0.05, 0) is 47.9 Å². The summed E-state index contributed by atoms with van der Waals surface area (Å²) in [6, 6.07) is 11.3. The van der Waals surface area contributed by atoms with Crippen LogP contribution in [-0.2, 0) is 11.2 Å². The minimum absolute atomic E-state index is 0.206. The Morgan fingerprint density at radius 2 is 1.72 bits per heavy atom. The number of nitrogens with one attached hydrogen (secondary N) is 1. The van der Waals surface area contributed by atoms with Gasteiger partial charge in [0.1, 0.15) is 0 Å². The Morgan fingerprint density at radius 1 is 1.04 bits per heavy atom. The van der Waals surface area contributed by atoms with Crippen molar-refractivity contribution in [1.29, 1.82) is 0 Å². The lowest BCUT2D eigenvalue weighted by molar-refractivity contribution is -0.111. The highest BCUT2D eigenvalue weighted by atomic mass is 16.5. The molecule has 0 aliphatic heterocycles. The van der Waals surface area contributed by atoms with Gasteiger partial charge in [0, 0.05) is 11.8 Å². The summed E-state index contributed by atoms with van der Waals surface area (Å²) in [5.41, 5.74) is 2.72. The van der Waals surface area contributed by atoms with Gasteiger partial charge < -0.3 is 19.5 Å². The second-order valence-corrected chi connectivity index (χ2v) is 5.34. The molecule has 0 unspecified atom stereocenters. The van der Waals surface area contributed by atoms with Crippen LogP contribution in [0.15, 0.2) is 42.5 Å². The third kappa shape index (κ3) is 4.76. The first-order valence-electron chi connectivity index (χ1n) is 7.99. The first-order valence-corrected chi connectivity index (χ1v) is 7.99. The van der Waals surface area contributed by atoms with Gasteiger partial charge in [-0.2, -0.15) is 0 Å². The van der Waals surface area contributed by atoms with Gasteiger partial charge >= 0.3 is 0 Å². The highest BCUT2D eigenvalue weighted by Crippen LogP contribution is 2.38. The highest BCUT2D eigenvalue weighted by molar-refractivity contribution is 6.02. The molecule has 1 amide bonds. The number of benzene rings is 2. The minimum Gasteiger partial charge on any atom is -0.493 e. The number of rotatable bonds is 7. The van der Waals surface area contributed by atoms with Gasteiger partial charge in [0.15, 0.2) is 11.5 Å². The van der Waals surface area contributed by atoms with Crippen LogP contribution < -0.4 is 19.5 Å². The zero-order valence-electron chi connectivity index (χ0n) is 15.0. The summed E-state index contributed by atoms with van der Waals surface area (Å²) < 4.78 is 15.9. The van der Waals surface area contributed by atoms with E-state index in [4.69, 9.17) is 14.2 Å². The van der Waals surface area contributed by atoms with E-state index in [1.165, 1.54) is 11.6 Å². The van der Waals surface area contributed by atoms with Crippen LogP contribution in [0.4, 0.5) is 5.69 Å². The van der Waals surface area contributed by atoms with Crippen molar-refractivity contribution >= 4 is 17.7 Å². The summed E-state index contributed by atoms with van der Waals surface area (Å²) in [5.74, 6) is 1.39. The second kappa shape index (κ2) is 8.78. The van der Waals surface area contributed by atoms with E-state index in [1.807, 2.05) is 24.3 Å². The standard InChI is InChI=1S/C20H23NO4/c1-5-14-7-6-8-16(11-14)21-19(22)10-9-15-12-17(23-2)20(25-4)18(13-15)24-3/h6-13H,5H2,1-4H3,(H,21,22)/b10-9+. The molecule has 0 aromatic heterocycles. The Bertz CT molecular complexity index is 743. The quantitative estimate of drug-likeness (QED) is 0.775. The van der Waals surface area contributed by atoms with Crippen LogP contribution in [0, 0.1) is 0 Å². The molecule has 5 nitrogen and oxygen atoms in total. The molecule has 0 aliphatic rings. The van der Waals surface area contributed by atoms with E-state index in [9.17, 15) is 4.79 Å². The van der Waals surface area contributed by atoms with Gasteiger partial charge in [-0.25, -0.2) is 0 Å². The van der Waals surface area contributed by atoms with Gasteiger partial charge in [0.2, 0.25) is 11.7 Å². The monoisotopic (exact) mass is 341 g/mol. The van der Waals surface area contributed by atoms with Crippen molar-refractivity contribution in [2.45, 2.75) is 13.3 Å². The molecule has 0 bridgehead atoms. The molecule has 2 aromatic rings. The van der Waals surface area contributed by atoms with Crippen LogP contribution in [0.25, 0.3) is 6.08 Å². The lowest BCUT2D eigenvalue weighted by Crippen LogP contribution is -2.07. The van der Waals surface area contributed by atoms with Crippen molar-refractivity contribution < 1.29 is 19.0 Å². The summed E-state index contributed by atoms with van der Waals surface area (Å²) >= 11 is 0. The second-order valence-electron chi connectivity index (χ2n) is 5.34. The van der Waals surface area contributed by atoms with Crippen LogP contribution in [0.1, 0.15) is 18.1 Å². The molecule has 0 saturated carbocycles. The van der Waals surface area contributed by atoms with Crippen molar-refractivity contribution in [3.05, 3.63) is 53.6 Å². The Hall–Kier alpha value is -2.95. The normalized spacial score (nSPS) is 10.6. The number of methoxy groups -OCH3 is 3. The molecule has 0 spiro atoms. The first kappa shape index (κ1) is 18.4. The Balaban J connectivity index is 2.16. The first-order chi connectivity index (χ1) is 12.1. The number of carbonyl (C=O) groups is 1. The number of hydrogen-bond acceptors (Lipinski definition) is 4. The van der Waals surface area contributed by atoms with Crippen molar-refractivity contribution in [2.24, 2.45) is 0 Å². The highest BCUT2D eigenvalue weighted by Gasteiger charge is 2.12. The van der Waals surface area contributed by atoms with Crippen LogP contribution in [0.3, 0.4) is 0 Å². The molecule has 0 radical (unpaired) electrons. The SMILES string of the molecule is CCc1cccc(NC(=O)/C=C/c2cc(OC)c(OC)c(OC)c2)c1. The van der Waals surface area contributed by atoms with E-state index in [0.29, 0.717) is 17.2 Å². The lowest BCUT2D eigenvalue weighted by atomic mass is 10.1. The Labute approximate surface area is 148 Å². The van der Waals surface area contributed by atoms with E-state index < -0.39 is 0 Å². The molecule has 1 N–H and O–H groups in total. The maximum Gasteiger partial charge on any atom is 0.248 e. The third-order valence-corrected chi connectivity index (χ3v) is 3.72. The molecule has 0 aliphatic carbocycles. The van der Waals surface area contributed by atoms with Crippen molar-refractivity contribution in [3.8, 4) is 17.2 Å². The zero-order chi connectivity index (χ0) is 18.2. The van der Waals surface area contributed by atoms with Gasteiger partial charge in [-0.15, -0.1) is 0 Å². The lowest BCUT2D eigenvalue weighted by Gasteiger charge is -2.12. The fourth-order valence-corrected chi connectivity index (χ4v) is 2.42. The number of hydrogen-bond donors (Lipinski definition) is 1. The molecule has 25 heavy (non-hydrogen) atoms. The van der Waals surface area contributed by atoms with E-state index in [2.05, 4.69) is 12.2 Å². The maximum absolute atomic E-state index is 12.1. The minimum atomic E-state index is -0.206. The van der Waals surface area contributed by atoms with E-state index in [1.54, 1.807) is 39.5 Å². The smallest absolute Gasteiger partial charge is 0.248 e. The Kier molecular flexibility index (Phi) is 6.46. The molecule has 2 rings (SSSR count). The Morgan fingerprint density at radius 3 is 2.28 bits per heavy atom. The summed E-state index contributed by atoms with van der Waals surface area (Å²) in [7, 11) is 4.66.